The number of para-hydroxylation sites is 1. The number of piperidine rings is 1. The van der Waals surface area contributed by atoms with E-state index < -0.39 is 0 Å². The van der Waals surface area contributed by atoms with Crippen molar-refractivity contribution in [1.82, 2.24) is 14.7 Å². The number of aromatic nitrogens is 2. The lowest BCUT2D eigenvalue weighted by atomic mass is 10.0. The summed E-state index contributed by atoms with van der Waals surface area (Å²) in [6, 6.07) is 20.8. The van der Waals surface area contributed by atoms with Crippen molar-refractivity contribution in [2.24, 2.45) is 0 Å². The summed E-state index contributed by atoms with van der Waals surface area (Å²) < 4.78 is 7.80. The van der Waals surface area contributed by atoms with Crippen LogP contribution in [0.3, 0.4) is 0 Å². The Morgan fingerprint density at radius 2 is 1.63 bits per heavy atom. The lowest BCUT2D eigenvalue weighted by Gasteiger charge is -2.31. The standard InChI is InChI=1S/C23H27N3O/c1-2-27-22-13-15-25(16-14-22)17-20-18-26(21-11-7-4-8-12-21)24-23(20)19-9-5-3-6-10-19/h3-12,18,22H,2,13-17H2,1H3. The van der Waals surface area contributed by atoms with Gasteiger partial charge in [0.15, 0.2) is 0 Å². The van der Waals surface area contributed by atoms with Crippen molar-refractivity contribution in [3.8, 4) is 16.9 Å². The summed E-state index contributed by atoms with van der Waals surface area (Å²) in [6.07, 6.45) is 4.83. The molecule has 0 aliphatic carbocycles. The van der Waals surface area contributed by atoms with Gasteiger partial charge in [0.2, 0.25) is 0 Å². The first-order chi connectivity index (χ1) is 13.3. The highest BCUT2D eigenvalue weighted by Gasteiger charge is 2.21. The third-order valence-corrected chi connectivity index (χ3v) is 5.19. The zero-order valence-electron chi connectivity index (χ0n) is 15.9. The van der Waals surface area contributed by atoms with Crippen LogP contribution in [0, 0.1) is 0 Å². The van der Waals surface area contributed by atoms with Crippen molar-refractivity contribution in [2.45, 2.75) is 32.4 Å². The predicted molar refractivity (Wildman–Crippen MR) is 109 cm³/mol. The number of hydrogen-bond acceptors (Lipinski definition) is 3. The van der Waals surface area contributed by atoms with Crippen LogP contribution in [0.5, 0.6) is 0 Å². The number of hydrogen-bond donors (Lipinski definition) is 0. The topological polar surface area (TPSA) is 30.3 Å². The molecule has 2 heterocycles. The van der Waals surface area contributed by atoms with E-state index in [-0.39, 0.29) is 0 Å². The molecule has 0 atom stereocenters. The molecular formula is C23H27N3O. The minimum Gasteiger partial charge on any atom is -0.378 e. The Hall–Kier alpha value is -2.43. The van der Waals surface area contributed by atoms with Gasteiger partial charge in [-0.15, -0.1) is 0 Å². The van der Waals surface area contributed by atoms with E-state index in [0.29, 0.717) is 6.10 Å². The van der Waals surface area contributed by atoms with Gasteiger partial charge in [-0.3, -0.25) is 4.90 Å². The van der Waals surface area contributed by atoms with Gasteiger partial charge in [-0.25, -0.2) is 4.68 Å². The predicted octanol–water partition coefficient (Wildman–Crippen LogP) is 4.54. The smallest absolute Gasteiger partial charge is 0.0972 e. The Kier molecular flexibility index (Phi) is 5.66. The summed E-state index contributed by atoms with van der Waals surface area (Å²) >= 11 is 0. The van der Waals surface area contributed by atoms with Crippen molar-refractivity contribution >= 4 is 0 Å². The quantitative estimate of drug-likeness (QED) is 0.646. The van der Waals surface area contributed by atoms with Gasteiger partial charge in [-0.1, -0.05) is 48.5 Å². The molecule has 1 aliphatic heterocycles. The van der Waals surface area contributed by atoms with Crippen LogP contribution in [-0.4, -0.2) is 40.5 Å². The van der Waals surface area contributed by atoms with E-state index in [1.807, 2.05) is 10.7 Å². The van der Waals surface area contributed by atoms with Gasteiger partial charge in [0.05, 0.1) is 17.5 Å². The van der Waals surface area contributed by atoms with Gasteiger partial charge in [0, 0.05) is 43.6 Å². The van der Waals surface area contributed by atoms with Crippen LogP contribution in [0.1, 0.15) is 25.3 Å². The maximum absolute atomic E-state index is 5.79. The molecule has 0 spiro atoms. The highest BCUT2D eigenvalue weighted by molar-refractivity contribution is 5.63. The summed E-state index contributed by atoms with van der Waals surface area (Å²) in [4.78, 5) is 2.52. The van der Waals surface area contributed by atoms with Gasteiger partial charge in [0.25, 0.3) is 0 Å². The van der Waals surface area contributed by atoms with Crippen LogP contribution >= 0.6 is 0 Å². The second-order valence-corrected chi connectivity index (χ2v) is 7.08. The second-order valence-electron chi connectivity index (χ2n) is 7.08. The molecule has 4 nitrogen and oxygen atoms in total. The molecule has 0 radical (unpaired) electrons. The summed E-state index contributed by atoms with van der Waals surface area (Å²) in [5.41, 5.74) is 4.62. The molecule has 1 saturated heterocycles. The molecule has 3 aromatic rings. The Morgan fingerprint density at radius 3 is 2.30 bits per heavy atom. The van der Waals surface area contributed by atoms with Crippen molar-refractivity contribution in [2.75, 3.05) is 19.7 Å². The van der Waals surface area contributed by atoms with Crippen LogP contribution in [0.2, 0.25) is 0 Å². The molecule has 1 aromatic heterocycles. The molecule has 27 heavy (non-hydrogen) atoms. The Balaban J connectivity index is 1.58. The molecule has 0 saturated carbocycles. The SMILES string of the molecule is CCOC1CCN(Cc2cn(-c3ccccc3)nc2-c2ccccc2)CC1. The minimum absolute atomic E-state index is 0.423. The fourth-order valence-corrected chi connectivity index (χ4v) is 3.79. The third-order valence-electron chi connectivity index (χ3n) is 5.19. The average molecular weight is 361 g/mol. The number of benzene rings is 2. The number of ether oxygens (including phenoxy) is 1. The van der Waals surface area contributed by atoms with Gasteiger partial charge >= 0.3 is 0 Å². The Labute approximate surface area is 161 Å². The van der Waals surface area contributed by atoms with E-state index >= 15 is 0 Å². The van der Waals surface area contributed by atoms with E-state index in [9.17, 15) is 0 Å². The first kappa shape index (κ1) is 18.0. The number of likely N-dealkylation sites (tertiary alicyclic amines) is 1. The molecule has 1 aliphatic rings. The van der Waals surface area contributed by atoms with Crippen LogP contribution in [0.25, 0.3) is 16.9 Å². The molecule has 4 heteroatoms. The largest absolute Gasteiger partial charge is 0.378 e. The maximum atomic E-state index is 5.79. The molecule has 0 N–H and O–H groups in total. The van der Waals surface area contributed by atoms with Crippen LogP contribution in [-0.2, 0) is 11.3 Å². The molecule has 2 aromatic carbocycles. The van der Waals surface area contributed by atoms with Crippen LogP contribution in [0.4, 0.5) is 0 Å². The van der Waals surface area contributed by atoms with Crippen molar-refractivity contribution in [3.63, 3.8) is 0 Å². The highest BCUT2D eigenvalue weighted by Crippen LogP contribution is 2.26. The van der Waals surface area contributed by atoms with Crippen LogP contribution in [0.15, 0.2) is 66.9 Å². The Morgan fingerprint density at radius 1 is 0.963 bits per heavy atom. The lowest BCUT2D eigenvalue weighted by molar-refractivity contribution is 0.0125. The van der Waals surface area contributed by atoms with Crippen molar-refractivity contribution in [3.05, 3.63) is 72.4 Å². The molecule has 0 bridgehead atoms. The normalized spacial score (nSPS) is 15.9. The zero-order chi connectivity index (χ0) is 18.5. The Bertz CT molecular complexity index is 837. The van der Waals surface area contributed by atoms with Gasteiger partial charge in [-0.2, -0.15) is 5.10 Å². The summed E-state index contributed by atoms with van der Waals surface area (Å²) in [5, 5.41) is 4.93. The van der Waals surface area contributed by atoms with E-state index in [4.69, 9.17) is 9.84 Å². The van der Waals surface area contributed by atoms with Gasteiger partial charge in [0.1, 0.15) is 0 Å². The fraction of sp³-hybridized carbons (Fsp3) is 0.348. The third kappa shape index (κ3) is 4.29. The fourth-order valence-electron chi connectivity index (χ4n) is 3.79. The number of nitrogens with zero attached hydrogens (tertiary/aromatic N) is 3. The van der Waals surface area contributed by atoms with Crippen molar-refractivity contribution in [1.29, 1.82) is 0 Å². The molecular weight excluding hydrogens is 334 g/mol. The lowest BCUT2D eigenvalue weighted by Crippen LogP contribution is -2.36. The van der Waals surface area contributed by atoms with Crippen molar-refractivity contribution < 1.29 is 4.74 Å². The average Bonchev–Trinajstić information content (AvgIpc) is 3.15. The summed E-state index contributed by atoms with van der Waals surface area (Å²) in [6.45, 7) is 5.98. The van der Waals surface area contributed by atoms with E-state index in [1.54, 1.807) is 0 Å². The number of rotatable bonds is 6. The van der Waals surface area contributed by atoms with E-state index in [0.717, 1.165) is 50.5 Å². The maximum Gasteiger partial charge on any atom is 0.0972 e. The van der Waals surface area contributed by atoms with Crippen LogP contribution < -0.4 is 0 Å². The molecule has 140 valence electrons. The monoisotopic (exact) mass is 361 g/mol. The van der Waals surface area contributed by atoms with E-state index in [2.05, 4.69) is 72.6 Å². The van der Waals surface area contributed by atoms with E-state index in [1.165, 1.54) is 11.1 Å². The first-order valence-electron chi connectivity index (χ1n) is 9.87. The summed E-state index contributed by atoms with van der Waals surface area (Å²) in [5.74, 6) is 0. The molecule has 0 unspecified atom stereocenters. The summed E-state index contributed by atoms with van der Waals surface area (Å²) in [7, 11) is 0. The molecule has 4 rings (SSSR count). The van der Waals surface area contributed by atoms with Gasteiger partial charge in [-0.05, 0) is 31.9 Å². The highest BCUT2D eigenvalue weighted by atomic mass is 16.5. The van der Waals surface area contributed by atoms with Gasteiger partial charge < -0.3 is 4.74 Å². The molecule has 0 amide bonds. The minimum atomic E-state index is 0.423. The zero-order valence-corrected chi connectivity index (χ0v) is 15.9. The molecule has 1 fully saturated rings. The first-order valence-corrected chi connectivity index (χ1v) is 9.87. The second kappa shape index (κ2) is 8.51.